The molecule has 1 N–H and O–H groups in total. The minimum absolute atomic E-state index is 0.0625. The molecule has 0 radical (unpaired) electrons. The maximum Gasteiger partial charge on any atom is 0.341 e. The number of hydrogen-bond acceptors (Lipinski definition) is 3. The van der Waals surface area contributed by atoms with Crippen LogP contribution in [-0.2, 0) is 9.53 Å². The Morgan fingerprint density at radius 2 is 2.00 bits per heavy atom. The largest absolute Gasteiger partial charge is 0.452 e. The van der Waals surface area contributed by atoms with Crippen LogP contribution in [0.25, 0.3) is 0 Å². The highest BCUT2D eigenvalue weighted by Crippen LogP contribution is 2.29. The first-order chi connectivity index (χ1) is 10.9. The first-order valence-electron chi connectivity index (χ1n) is 7.80. The fraction of sp³-hybridized carbons (Fsp3) is 0.529. The molecular weight excluding hydrogens is 304 g/mol. The summed E-state index contributed by atoms with van der Waals surface area (Å²) in [6.45, 7) is 3.77. The molecule has 1 fully saturated rings. The van der Waals surface area contributed by atoms with E-state index in [-0.39, 0.29) is 11.6 Å². The van der Waals surface area contributed by atoms with Crippen molar-refractivity contribution in [2.45, 2.75) is 39.2 Å². The van der Waals surface area contributed by atoms with Gasteiger partial charge in [0.2, 0.25) is 0 Å². The molecule has 0 bridgehead atoms. The summed E-state index contributed by atoms with van der Waals surface area (Å²) in [4.78, 5) is 23.6. The lowest BCUT2D eigenvalue weighted by molar-refractivity contribution is -0.125. The Hall–Kier alpha value is -1.98. The van der Waals surface area contributed by atoms with Gasteiger partial charge in [-0.1, -0.05) is 26.7 Å². The number of halogens is 2. The maximum absolute atomic E-state index is 13.5. The normalized spacial score (nSPS) is 24.1. The van der Waals surface area contributed by atoms with E-state index >= 15 is 0 Å². The summed E-state index contributed by atoms with van der Waals surface area (Å²) in [6, 6.07) is 2.62. The topological polar surface area (TPSA) is 55.4 Å². The summed E-state index contributed by atoms with van der Waals surface area (Å²) in [5, 5.41) is 2.86. The zero-order chi connectivity index (χ0) is 17.0. The summed E-state index contributed by atoms with van der Waals surface area (Å²) in [5.74, 6) is -2.29. The van der Waals surface area contributed by atoms with Crippen molar-refractivity contribution in [1.82, 2.24) is 5.32 Å². The van der Waals surface area contributed by atoms with Gasteiger partial charge in [-0.2, -0.15) is 0 Å². The second-order valence-electron chi connectivity index (χ2n) is 6.14. The molecule has 1 aromatic carbocycles. The fourth-order valence-electron chi connectivity index (χ4n) is 2.90. The molecule has 2 rings (SSSR count). The molecule has 1 saturated carbocycles. The van der Waals surface area contributed by atoms with Crippen molar-refractivity contribution < 1.29 is 23.1 Å². The summed E-state index contributed by atoms with van der Waals surface area (Å²) >= 11 is 0. The smallest absolute Gasteiger partial charge is 0.341 e. The molecule has 0 spiro atoms. The average molecular weight is 325 g/mol. The number of amides is 1. The lowest BCUT2D eigenvalue weighted by Gasteiger charge is -2.34. The third-order valence-electron chi connectivity index (χ3n) is 4.54. The molecule has 1 amide bonds. The molecule has 0 aromatic heterocycles. The number of esters is 1. The molecule has 0 heterocycles. The van der Waals surface area contributed by atoms with Crippen molar-refractivity contribution in [3.63, 3.8) is 0 Å². The first kappa shape index (κ1) is 17.4. The third-order valence-corrected chi connectivity index (χ3v) is 4.54. The van der Waals surface area contributed by atoms with Crippen molar-refractivity contribution in [3.05, 3.63) is 35.4 Å². The van der Waals surface area contributed by atoms with Crippen LogP contribution < -0.4 is 5.32 Å². The summed E-state index contributed by atoms with van der Waals surface area (Å²) in [7, 11) is 0. The number of nitrogens with one attached hydrogen (secondary N) is 1. The predicted octanol–water partition coefficient (Wildman–Crippen LogP) is 3.06. The number of ether oxygens (including phenoxy) is 1. The quantitative estimate of drug-likeness (QED) is 0.866. The van der Waals surface area contributed by atoms with Gasteiger partial charge >= 0.3 is 5.97 Å². The van der Waals surface area contributed by atoms with Gasteiger partial charge in [0.1, 0.15) is 11.6 Å². The van der Waals surface area contributed by atoms with E-state index in [1.165, 1.54) is 0 Å². The van der Waals surface area contributed by atoms with Gasteiger partial charge in [0.05, 0.1) is 5.56 Å². The molecule has 126 valence electrons. The molecule has 0 aliphatic heterocycles. The summed E-state index contributed by atoms with van der Waals surface area (Å²) in [5.41, 5.74) is -0.390. The minimum atomic E-state index is -1.01. The number of carbonyl (C=O) groups excluding carboxylic acids is 2. The first-order valence-corrected chi connectivity index (χ1v) is 7.80. The van der Waals surface area contributed by atoms with Crippen molar-refractivity contribution in [2.75, 3.05) is 6.61 Å². The lowest BCUT2D eigenvalue weighted by Crippen LogP contribution is -2.45. The van der Waals surface area contributed by atoms with Gasteiger partial charge in [0.15, 0.2) is 6.61 Å². The van der Waals surface area contributed by atoms with Crippen molar-refractivity contribution in [1.29, 1.82) is 0 Å². The maximum atomic E-state index is 13.5. The van der Waals surface area contributed by atoms with Gasteiger partial charge in [-0.25, -0.2) is 13.6 Å². The molecule has 4 nitrogen and oxygen atoms in total. The lowest BCUT2D eigenvalue weighted by atomic mass is 9.78. The van der Waals surface area contributed by atoms with E-state index in [2.05, 4.69) is 19.2 Å². The van der Waals surface area contributed by atoms with Crippen LogP contribution in [0, 0.1) is 23.5 Å². The second kappa shape index (κ2) is 7.53. The van der Waals surface area contributed by atoms with Gasteiger partial charge in [0, 0.05) is 12.1 Å². The van der Waals surface area contributed by atoms with Crippen LogP contribution in [0.4, 0.5) is 8.78 Å². The van der Waals surface area contributed by atoms with Crippen LogP contribution in [0.5, 0.6) is 0 Å². The van der Waals surface area contributed by atoms with Crippen molar-refractivity contribution >= 4 is 11.9 Å². The highest BCUT2D eigenvalue weighted by molar-refractivity contribution is 5.91. The molecule has 6 heteroatoms. The van der Waals surface area contributed by atoms with E-state index in [9.17, 15) is 18.4 Å². The van der Waals surface area contributed by atoms with Crippen LogP contribution in [0.15, 0.2) is 18.2 Å². The Bertz CT molecular complexity index is 591. The number of hydrogen-bond donors (Lipinski definition) is 1. The molecule has 3 atom stereocenters. The molecule has 23 heavy (non-hydrogen) atoms. The molecule has 0 saturated heterocycles. The summed E-state index contributed by atoms with van der Waals surface area (Å²) in [6.07, 6.45) is 3.10. The van der Waals surface area contributed by atoms with Gasteiger partial charge in [-0.05, 0) is 30.4 Å². The van der Waals surface area contributed by atoms with Crippen molar-refractivity contribution in [2.24, 2.45) is 11.8 Å². The SMILES string of the molecule is C[C@@H]1[C@H](C)CCC[C@H]1NC(=O)COC(=O)c1ccc(F)cc1F. The monoisotopic (exact) mass is 325 g/mol. The highest BCUT2D eigenvalue weighted by atomic mass is 19.1. The van der Waals surface area contributed by atoms with E-state index in [0.717, 1.165) is 31.4 Å². The van der Waals surface area contributed by atoms with E-state index in [1.807, 2.05) is 0 Å². The van der Waals surface area contributed by atoms with Gasteiger partial charge in [-0.3, -0.25) is 4.79 Å². The minimum Gasteiger partial charge on any atom is -0.452 e. The van der Waals surface area contributed by atoms with Crippen LogP contribution >= 0.6 is 0 Å². The molecule has 1 aromatic rings. The highest BCUT2D eigenvalue weighted by Gasteiger charge is 2.28. The van der Waals surface area contributed by atoms with E-state index in [1.54, 1.807) is 0 Å². The number of rotatable bonds is 4. The van der Waals surface area contributed by atoms with Crippen molar-refractivity contribution in [3.8, 4) is 0 Å². The van der Waals surface area contributed by atoms with Crippen LogP contribution in [0.1, 0.15) is 43.5 Å². The van der Waals surface area contributed by atoms with E-state index < -0.39 is 30.1 Å². The van der Waals surface area contributed by atoms with Gasteiger partial charge in [-0.15, -0.1) is 0 Å². The Balaban J connectivity index is 1.85. The Labute approximate surface area is 134 Å². The Morgan fingerprint density at radius 1 is 1.26 bits per heavy atom. The number of benzene rings is 1. The molecular formula is C17H21F2NO3. The van der Waals surface area contributed by atoms with Gasteiger partial charge in [0.25, 0.3) is 5.91 Å². The molecule has 1 aliphatic carbocycles. The zero-order valence-corrected chi connectivity index (χ0v) is 13.3. The fourth-order valence-corrected chi connectivity index (χ4v) is 2.90. The van der Waals surface area contributed by atoms with E-state index in [0.29, 0.717) is 17.9 Å². The van der Waals surface area contributed by atoms with E-state index in [4.69, 9.17) is 4.74 Å². The van der Waals surface area contributed by atoms with Crippen LogP contribution in [-0.4, -0.2) is 24.5 Å². The standard InChI is InChI=1S/C17H21F2NO3/c1-10-4-3-5-15(11(10)2)20-16(21)9-23-17(22)13-7-6-12(18)8-14(13)19/h6-8,10-11,15H,3-5,9H2,1-2H3,(H,20,21)/t10-,11-,15-/m1/s1. The van der Waals surface area contributed by atoms with Crippen LogP contribution in [0.3, 0.4) is 0 Å². The third kappa shape index (κ3) is 4.50. The second-order valence-corrected chi connectivity index (χ2v) is 6.14. The average Bonchev–Trinajstić information content (AvgIpc) is 2.49. The predicted molar refractivity (Wildman–Crippen MR) is 80.8 cm³/mol. The number of carbonyl (C=O) groups is 2. The van der Waals surface area contributed by atoms with Crippen LogP contribution in [0.2, 0.25) is 0 Å². The molecule has 0 unspecified atom stereocenters. The Kier molecular flexibility index (Phi) is 5.69. The molecule has 1 aliphatic rings. The Morgan fingerprint density at radius 3 is 2.70 bits per heavy atom. The summed E-state index contributed by atoms with van der Waals surface area (Å²) < 4.78 is 31.0. The zero-order valence-electron chi connectivity index (χ0n) is 13.3. The van der Waals surface area contributed by atoms with Gasteiger partial charge < -0.3 is 10.1 Å².